The van der Waals surface area contributed by atoms with Crippen molar-refractivity contribution in [3.8, 4) is 5.88 Å². The summed E-state index contributed by atoms with van der Waals surface area (Å²) in [6, 6.07) is 14.2. The molecule has 4 nitrogen and oxygen atoms in total. The maximum atomic E-state index is 13.9. The standard InChI is InChI=1S/C20H16FN3OS/c1-2-24-19(25)18(11-13-12-22-16-9-5-3-7-14(13)16)26-20(24)23-17-10-6-4-8-15(17)21/h3-12,25H,2H2,1H3/b13-11+,23-20?. The SMILES string of the molecule is CCn1c(O)c(/C=C2\C=Nc3ccccc32)sc1=Nc1ccccc1F. The molecule has 1 N–H and O–H groups in total. The van der Waals surface area contributed by atoms with Crippen LogP contribution in [0, 0.1) is 5.82 Å². The predicted octanol–water partition coefficient (Wildman–Crippen LogP) is 4.90. The average Bonchev–Trinajstić information content (AvgIpc) is 3.19. The van der Waals surface area contributed by atoms with Gasteiger partial charge in [0.2, 0.25) is 5.88 Å². The van der Waals surface area contributed by atoms with E-state index in [0.717, 1.165) is 16.8 Å². The number of allylic oxidation sites excluding steroid dienone is 1. The monoisotopic (exact) mass is 365 g/mol. The molecule has 1 aliphatic rings. The van der Waals surface area contributed by atoms with E-state index in [1.807, 2.05) is 37.3 Å². The van der Waals surface area contributed by atoms with Crippen molar-refractivity contribution < 1.29 is 9.50 Å². The minimum atomic E-state index is -0.389. The molecule has 1 aliphatic heterocycles. The highest BCUT2D eigenvalue weighted by Crippen LogP contribution is 2.34. The van der Waals surface area contributed by atoms with Gasteiger partial charge in [-0.1, -0.05) is 41.7 Å². The van der Waals surface area contributed by atoms with Gasteiger partial charge < -0.3 is 5.11 Å². The number of para-hydroxylation sites is 2. The van der Waals surface area contributed by atoms with Crippen molar-refractivity contribution in [2.75, 3.05) is 0 Å². The van der Waals surface area contributed by atoms with E-state index in [1.54, 1.807) is 29.0 Å². The van der Waals surface area contributed by atoms with Gasteiger partial charge in [0.05, 0.1) is 10.6 Å². The van der Waals surface area contributed by atoms with E-state index >= 15 is 0 Å². The normalized spacial score (nSPS) is 15.0. The molecule has 4 rings (SSSR count). The summed E-state index contributed by atoms with van der Waals surface area (Å²) >= 11 is 1.32. The zero-order valence-corrected chi connectivity index (χ0v) is 14.9. The lowest BCUT2D eigenvalue weighted by atomic mass is 10.1. The number of aromatic hydroxyl groups is 1. The molecule has 0 radical (unpaired) electrons. The van der Waals surface area contributed by atoms with Crippen molar-refractivity contribution in [3.05, 3.63) is 69.6 Å². The van der Waals surface area contributed by atoms with Crippen LogP contribution in [0.3, 0.4) is 0 Å². The molecule has 1 aromatic heterocycles. The zero-order valence-electron chi connectivity index (χ0n) is 14.1. The summed E-state index contributed by atoms with van der Waals surface area (Å²) in [6.45, 7) is 2.44. The Labute approximate surface area is 153 Å². The smallest absolute Gasteiger partial charge is 0.211 e. The summed E-state index contributed by atoms with van der Waals surface area (Å²) in [6.07, 6.45) is 3.68. The highest BCUT2D eigenvalue weighted by atomic mass is 32.1. The van der Waals surface area contributed by atoms with Crippen molar-refractivity contribution in [1.29, 1.82) is 0 Å². The Hall–Kier alpha value is -2.99. The van der Waals surface area contributed by atoms with E-state index in [9.17, 15) is 9.50 Å². The molecule has 2 heterocycles. The van der Waals surface area contributed by atoms with Gasteiger partial charge in [-0.05, 0) is 31.2 Å². The molecule has 0 fully saturated rings. The summed E-state index contributed by atoms with van der Waals surface area (Å²) in [4.78, 5) is 9.99. The van der Waals surface area contributed by atoms with Gasteiger partial charge in [0.25, 0.3) is 0 Å². The molecule has 0 atom stereocenters. The quantitative estimate of drug-likeness (QED) is 0.705. The number of rotatable bonds is 3. The summed E-state index contributed by atoms with van der Waals surface area (Å²) in [5, 5.41) is 10.6. The second-order valence-electron chi connectivity index (χ2n) is 5.75. The van der Waals surface area contributed by atoms with Crippen LogP contribution in [0.15, 0.2) is 58.5 Å². The largest absolute Gasteiger partial charge is 0.493 e. The molecule has 0 aliphatic carbocycles. The molecule has 3 aromatic rings. The van der Waals surface area contributed by atoms with Crippen LogP contribution in [0.1, 0.15) is 17.4 Å². The molecule has 0 amide bonds. The van der Waals surface area contributed by atoms with Crippen LogP contribution >= 0.6 is 11.3 Å². The number of nitrogens with zero attached hydrogens (tertiary/aromatic N) is 3. The summed E-state index contributed by atoms with van der Waals surface area (Å²) < 4.78 is 15.6. The Morgan fingerprint density at radius 3 is 2.77 bits per heavy atom. The second-order valence-corrected chi connectivity index (χ2v) is 6.76. The van der Waals surface area contributed by atoms with Gasteiger partial charge in [-0.2, -0.15) is 0 Å². The zero-order chi connectivity index (χ0) is 18.1. The van der Waals surface area contributed by atoms with Crippen LogP contribution < -0.4 is 4.80 Å². The lowest BCUT2D eigenvalue weighted by Gasteiger charge is -2.01. The Morgan fingerprint density at radius 1 is 1.19 bits per heavy atom. The number of halogens is 1. The minimum Gasteiger partial charge on any atom is -0.493 e. The van der Waals surface area contributed by atoms with Crippen molar-refractivity contribution in [1.82, 2.24) is 4.57 Å². The minimum absolute atomic E-state index is 0.123. The summed E-state index contributed by atoms with van der Waals surface area (Å²) in [5.41, 5.74) is 3.12. The maximum Gasteiger partial charge on any atom is 0.211 e. The van der Waals surface area contributed by atoms with Crippen molar-refractivity contribution in [2.45, 2.75) is 13.5 Å². The van der Waals surface area contributed by atoms with Crippen LogP contribution in [-0.4, -0.2) is 15.9 Å². The highest BCUT2D eigenvalue weighted by molar-refractivity contribution is 7.10. The lowest BCUT2D eigenvalue weighted by molar-refractivity contribution is 0.416. The first-order valence-electron chi connectivity index (χ1n) is 8.24. The third-order valence-corrected chi connectivity index (χ3v) is 5.15. The van der Waals surface area contributed by atoms with E-state index < -0.39 is 0 Å². The lowest BCUT2D eigenvalue weighted by Crippen LogP contribution is -2.12. The number of hydrogen-bond donors (Lipinski definition) is 1. The first-order chi connectivity index (χ1) is 12.7. The first kappa shape index (κ1) is 16.5. The van der Waals surface area contributed by atoms with E-state index in [4.69, 9.17) is 0 Å². The van der Waals surface area contributed by atoms with Crippen LogP contribution in [0.2, 0.25) is 0 Å². The molecule has 2 aromatic carbocycles. The van der Waals surface area contributed by atoms with Crippen LogP contribution in [0.4, 0.5) is 15.8 Å². The summed E-state index contributed by atoms with van der Waals surface area (Å²) in [5.74, 6) is -0.266. The van der Waals surface area contributed by atoms with Crippen LogP contribution in [0.5, 0.6) is 5.88 Å². The van der Waals surface area contributed by atoms with Crippen molar-refractivity contribution in [2.24, 2.45) is 9.98 Å². The van der Waals surface area contributed by atoms with Gasteiger partial charge in [0, 0.05) is 23.9 Å². The number of aromatic nitrogens is 1. The van der Waals surface area contributed by atoms with Crippen molar-refractivity contribution in [3.63, 3.8) is 0 Å². The molecule has 0 spiro atoms. The fourth-order valence-corrected chi connectivity index (χ4v) is 3.88. The van der Waals surface area contributed by atoms with E-state index in [-0.39, 0.29) is 17.4 Å². The second kappa shape index (κ2) is 6.72. The number of fused-ring (bicyclic) bond motifs is 1. The van der Waals surface area contributed by atoms with Crippen LogP contribution in [0.25, 0.3) is 11.6 Å². The third-order valence-electron chi connectivity index (χ3n) is 4.14. The third kappa shape index (κ3) is 2.88. The molecule has 0 unspecified atom stereocenters. The summed E-state index contributed by atoms with van der Waals surface area (Å²) in [7, 11) is 0. The molecule has 26 heavy (non-hydrogen) atoms. The van der Waals surface area contributed by atoms with Gasteiger partial charge in [0.15, 0.2) is 4.80 Å². The van der Waals surface area contributed by atoms with Gasteiger partial charge in [0.1, 0.15) is 11.5 Å². The Bertz CT molecular complexity index is 1110. The molecule has 6 heteroatoms. The maximum absolute atomic E-state index is 13.9. The fourth-order valence-electron chi connectivity index (χ4n) is 2.83. The number of aliphatic imine (C=N–C) groups is 1. The topological polar surface area (TPSA) is 49.9 Å². The van der Waals surface area contributed by atoms with Gasteiger partial charge in [-0.15, -0.1) is 0 Å². The molecule has 130 valence electrons. The van der Waals surface area contributed by atoms with E-state index in [1.165, 1.54) is 17.4 Å². The molecule has 0 saturated heterocycles. The van der Waals surface area contributed by atoms with Gasteiger partial charge >= 0.3 is 0 Å². The molecule has 0 saturated carbocycles. The first-order valence-corrected chi connectivity index (χ1v) is 9.06. The Morgan fingerprint density at radius 2 is 1.96 bits per heavy atom. The molecule has 0 bridgehead atoms. The fraction of sp³-hybridized carbons (Fsp3) is 0.100. The number of thiazole rings is 1. The van der Waals surface area contributed by atoms with E-state index in [2.05, 4.69) is 9.98 Å². The molecular formula is C20H16FN3OS. The van der Waals surface area contributed by atoms with Gasteiger partial charge in [-0.25, -0.2) is 9.38 Å². The van der Waals surface area contributed by atoms with Crippen molar-refractivity contribution >= 4 is 40.6 Å². The van der Waals surface area contributed by atoms with Gasteiger partial charge in [-0.3, -0.25) is 9.56 Å². The Kier molecular flexibility index (Phi) is 4.26. The van der Waals surface area contributed by atoms with E-state index in [0.29, 0.717) is 16.2 Å². The Balaban J connectivity index is 1.83. The average molecular weight is 365 g/mol. The molecular weight excluding hydrogens is 349 g/mol. The predicted molar refractivity (Wildman–Crippen MR) is 104 cm³/mol. The van der Waals surface area contributed by atoms with Crippen LogP contribution in [-0.2, 0) is 6.54 Å². The highest BCUT2D eigenvalue weighted by Gasteiger charge is 2.15. The number of hydrogen-bond acceptors (Lipinski definition) is 4. The number of benzene rings is 2.